The minimum Gasteiger partial charge on any atom is -0.387 e. The van der Waals surface area contributed by atoms with E-state index in [0.717, 1.165) is 54.2 Å². The lowest BCUT2D eigenvalue weighted by molar-refractivity contribution is -0.114. The summed E-state index contributed by atoms with van der Waals surface area (Å²) in [5.41, 5.74) is 7.36. The molecule has 0 saturated carbocycles. The third-order valence-corrected chi connectivity index (χ3v) is 5.49. The van der Waals surface area contributed by atoms with Gasteiger partial charge in [0.25, 0.3) is 5.91 Å². The summed E-state index contributed by atoms with van der Waals surface area (Å²) in [4.78, 5) is 11.3. The first-order chi connectivity index (χ1) is 13.1. The highest BCUT2D eigenvalue weighted by Gasteiger charge is 2.22. The van der Waals surface area contributed by atoms with Crippen molar-refractivity contribution in [2.45, 2.75) is 31.2 Å². The molecule has 6 heteroatoms. The number of fused-ring (bicyclic) bond motifs is 1. The highest BCUT2D eigenvalue weighted by molar-refractivity contribution is 5.96. The number of halogens is 1. The van der Waals surface area contributed by atoms with Crippen molar-refractivity contribution in [1.29, 1.82) is 0 Å². The van der Waals surface area contributed by atoms with Crippen LogP contribution in [0.1, 0.15) is 30.7 Å². The standard InChI is InChI=1S/C21H25FN4O/c22-19-10-13(1-2-17(19)21(23)27)15-9-14-3-6-25-12-18(14)20(11-15)26-16-4-7-24-8-5-16/h2-3,9-13,16,24-26H,1,4-8H2,(H2,23,27). The number of nitrogens with two attached hydrogens (primary N) is 1. The number of amides is 1. The van der Waals surface area contributed by atoms with Gasteiger partial charge in [-0.25, -0.2) is 4.39 Å². The van der Waals surface area contributed by atoms with Gasteiger partial charge in [-0.1, -0.05) is 18.2 Å². The number of hydrogen-bond donors (Lipinski definition) is 4. The summed E-state index contributed by atoms with van der Waals surface area (Å²) in [6.45, 7) is 2.82. The molecule has 5 nitrogen and oxygen atoms in total. The molecule has 0 aromatic heterocycles. The Hall–Kier alpha value is -2.60. The SMILES string of the molecule is NC(=O)C1=CCC(c2cc(NC3CCNCC3)c3c(c2)=CCNC=3)C=C1F. The van der Waals surface area contributed by atoms with Crippen LogP contribution in [0.2, 0.25) is 0 Å². The van der Waals surface area contributed by atoms with Gasteiger partial charge in [0.2, 0.25) is 0 Å². The molecule has 0 bridgehead atoms. The third-order valence-electron chi connectivity index (χ3n) is 5.49. The summed E-state index contributed by atoms with van der Waals surface area (Å²) >= 11 is 0. The Morgan fingerprint density at radius 3 is 2.78 bits per heavy atom. The van der Waals surface area contributed by atoms with Gasteiger partial charge >= 0.3 is 0 Å². The van der Waals surface area contributed by atoms with E-state index in [1.54, 1.807) is 6.08 Å². The lowest BCUT2D eigenvalue weighted by atomic mass is 9.88. The molecule has 2 aliphatic heterocycles. The smallest absolute Gasteiger partial charge is 0.251 e. The molecular formula is C21H25FN4O. The van der Waals surface area contributed by atoms with Crippen molar-refractivity contribution in [3.05, 3.63) is 51.7 Å². The average Bonchev–Trinajstić information content (AvgIpc) is 2.68. The monoisotopic (exact) mass is 368 g/mol. The fourth-order valence-corrected chi connectivity index (χ4v) is 4.01. The van der Waals surface area contributed by atoms with Crippen LogP contribution in [0, 0.1) is 0 Å². The average molecular weight is 368 g/mol. The van der Waals surface area contributed by atoms with E-state index in [2.05, 4.69) is 34.2 Å². The van der Waals surface area contributed by atoms with Gasteiger partial charge in [-0.3, -0.25) is 4.79 Å². The predicted octanol–water partition coefficient (Wildman–Crippen LogP) is 0.725. The summed E-state index contributed by atoms with van der Waals surface area (Å²) in [7, 11) is 0. The van der Waals surface area contributed by atoms with E-state index in [0.29, 0.717) is 12.5 Å². The van der Waals surface area contributed by atoms with E-state index in [-0.39, 0.29) is 11.5 Å². The normalized spacial score (nSPS) is 22.3. The second-order valence-electron chi connectivity index (χ2n) is 7.34. The van der Waals surface area contributed by atoms with Crippen LogP contribution in [0.5, 0.6) is 0 Å². The Kier molecular flexibility index (Phi) is 4.99. The van der Waals surface area contributed by atoms with Crippen LogP contribution < -0.4 is 32.1 Å². The number of carbonyl (C=O) groups is 1. The molecule has 27 heavy (non-hydrogen) atoms. The molecule has 1 aromatic carbocycles. The van der Waals surface area contributed by atoms with Crippen LogP contribution in [0.25, 0.3) is 12.3 Å². The molecule has 0 spiro atoms. The molecule has 1 aromatic rings. The number of anilines is 1. The van der Waals surface area contributed by atoms with Gasteiger partial charge in [0.05, 0.1) is 5.57 Å². The second-order valence-corrected chi connectivity index (χ2v) is 7.34. The molecule has 2 heterocycles. The zero-order chi connectivity index (χ0) is 18.8. The Labute approximate surface area is 157 Å². The number of carbonyl (C=O) groups excluding carboxylic acids is 1. The summed E-state index contributed by atoms with van der Waals surface area (Å²) in [6.07, 6.45) is 10.1. The highest BCUT2D eigenvalue weighted by atomic mass is 19.1. The topological polar surface area (TPSA) is 79.2 Å². The van der Waals surface area contributed by atoms with Crippen LogP contribution in [0.4, 0.5) is 10.1 Å². The van der Waals surface area contributed by atoms with Gasteiger partial charge in [-0.05, 0) is 55.3 Å². The van der Waals surface area contributed by atoms with Crippen molar-refractivity contribution >= 4 is 23.9 Å². The Bertz CT molecular complexity index is 928. The molecule has 1 saturated heterocycles. The minimum absolute atomic E-state index is 0.0126. The van der Waals surface area contributed by atoms with Crippen molar-refractivity contribution in [2.75, 3.05) is 25.0 Å². The van der Waals surface area contributed by atoms with Crippen molar-refractivity contribution in [3.8, 4) is 0 Å². The van der Waals surface area contributed by atoms with Crippen molar-refractivity contribution in [3.63, 3.8) is 0 Å². The zero-order valence-corrected chi connectivity index (χ0v) is 15.2. The van der Waals surface area contributed by atoms with E-state index < -0.39 is 11.7 Å². The number of benzene rings is 1. The fourth-order valence-electron chi connectivity index (χ4n) is 4.01. The Morgan fingerprint density at radius 1 is 1.22 bits per heavy atom. The van der Waals surface area contributed by atoms with Crippen molar-refractivity contribution in [1.82, 2.24) is 10.6 Å². The number of allylic oxidation sites excluding steroid dienone is 2. The summed E-state index contributed by atoms with van der Waals surface area (Å²) < 4.78 is 14.3. The van der Waals surface area contributed by atoms with Crippen LogP contribution in [0.3, 0.4) is 0 Å². The molecule has 1 unspecified atom stereocenters. The number of rotatable bonds is 4. The molecule has 1 atom stereocenters. The number of nitrogens with one attached hydrogen (secondary N) is 3. The molecule has 5 N–H and O–H groups in total. The maximum atomic E-state index is 14.3. The quantitative estimate of drug-likeness (QED) is 0.632. The van der Waals surface area contributed by atoms with Crippen LogP contribution in [0.15, 0.2) is 35.7 Å². The fraction of sp³-hybridized carbons (Fsp3) is 0.381. The van der Waals surface area contributed by atoms with E-state index in [4.69, 9.17) is 5.73 Å². The van der Waals surface area contributed by atoms with Gasteiger partial charge < -0.3 is 21.7 Å². The molecule has 1 aliphatic carbocycles. The lowest BCUT2D eigenvalue weighted by Crippen LogP contribution is -2.40. The molecule has 4 rings (SSSR count). The summed E-state index contributed by atoms with van der Waals surface area (Å²) in [5.74, 6) is -1.34. The lowest BCUT2D eigenvalue weighted by Gasteiger charge is -2.26. The maximum Gasteiger partial charge on any atom is 0.251 e. The first-order valence-corrected chi connectivity index (χ1v) is 9.54. The largest absolute Gasteiger partial charge is 0.387 e. The first-order valence-electron chi connectivity index (χ1n) is 9.54. The Balaban J connectivity index is 1.68. The molecule has 1 amide bonds. The summed E-state index contributed by atoms with van der Waals surface area (Å²) in [6, 6.07) is 4.68. The van der Waals surface area contributed by atoms with Gasteiger partial charge in [-0.2, -0.15) is 0 Å². The van der Waals surface area contributed by atoms with Gasteiger partial charge in [0.1, 0.15) is 5.83 Å². The van der Waals surface area contributed by atoms with Gasteiger partial charge in [-0.15, -0.1) is 0 Å². The van der Waals surface area contributed by atoms with Crippen molar-refractivity contribution in [2.24, 2.45) is 5.73 Å². The maximum absolute atomic E-state index is 14.3. The molecule has 3 aliphatic rings. The molecule has 1 fully saturated rings. The van der Waals surface area contributed by atoms with E-state index in [9.17, 15) is 9.18 Å². The highest BCUT2D eigenvalue weighted by Crippen LogP contribution is 2.31. The van der Waals surface area contributed by atoms with E-state index in [1.165, 1.54) is 6.08 Å². The van der Waals surface area contributed by atoms with Crippen molar-refractivity contribution < 1.29 is 9.18 Å². The van der Waals surface area contributed by atoms with Gasteiger partial charge in [0.15, 0.2) is 0 Å². The molecular weight excluding hydrogens is 343 g/mol. The third kappa shape index (κ3) is 3.76. The van der Waals surface area contributed by atoms with E-state index >= 15 is 0 Å². The van der Waals surface area contributed by atoms with E-state index in [1.807, 2.05) is 6.20 Å². The van der Waals surface area contributed by atoms with Crippen LogP contribution in [-0.4, -0.2) is 31.6 Å². The molecule has 142 valence electrons. The number of hydrogen-bond acceptors (Lipinski definition) is 4. The minimum atomic E-state index is -0.713. The first kappa shape index (κ1) is 17.8. The van der Waals surface area contributed by atoms with Crippen LogP contribution >= 0.6 is 0 Å². The molecule has 0 radical (unpaired) electrons. The Morgan fingerprint density at radius 2 is 2.04 bits per heavy atom. The number of primary amides is 1. The summed E-state index contributed by atoms with van der Waals surface area (Å²) in [5, 5.41) is 12.7. The van der Waals surface area contributed by atoms with Gasteiger partial charge in [0, 0.05) is 35.6 Å². The zero-order valence-electron chi connectivity index (χ0n) is 15.2. The van der Waals surface area contributed by atoms with Crippen LogP contribution in [-0.2, 0) is 4.79 Å². The second kappa shape index (κ2) is 7.56. The predicted molar refractivity (Wildman–Crippen MR) is 106 cm³/mol. The number of piperidine rings is 1.